The Hall–Kier alpha value is -4.64. The number of carbonyl (C=O) groups is 2. The molecular formula is C24H27F6N7O7. The lowest BCUT2D eigenvalue weighted by molar-refractivity contribution is -0.193. The van der Waals surface area contributed by atoms with E-state index in [4.69, 9.17) is 39.9 Å². The van der Waals surface area contributed by atoms with Crippen molar-refractivity contribution in [2.24, 2.45) is 5.92 Å². The molecule has 0 aromatic carbocycles. The lowest BCUT2D eigenvalue weighted by atomic mass is 10.1. The molecule has 0 amide bonds. The number of hydrogen-bond acceptors (Lipinski definition) is 11. The minimum Gasteiger partial charge on any atom is -0.489 e. The van der Waals surface area contributed by atoms with Crippen LogP contribution < -0.4 is 15.8 Å². The van der Waals surface area contributed by atoms with Crippen LogP contribution in [0.4, 0.5) is 32.2 Å². The first-order valence-corrected chi connectivity index (χ1v) is 12.4. The smallest absolute Gasteiger partial charge is 0.489 e. The van der Waals surface area contributed by atoms with Gasteiger partial charge in [-0.1, -0.05) is 5.92 Å². The lowest BCUT2D eigenvalue weighted by Crippen LogP contribution is -2.21. The van der Waals surface area contributed by atoms with Gasteiger partial charge in [0, 0.05) is 19.0 Å². The summed E-state index contributed by atoms with van der Waals surface area (Å²) in [4.78, 5) is 27.0. The number of ether oxygens (including phenoxy) is 1. The third kappa shape index (κ3) is 9.98. The molecule has 4 heterocycles. The molecule has 4 rings (SSSR count). The molecule has 1 fully saturated rings. The van der Waals surface area contributed by atoms with Crippen LogP contribution in [0.5, 0.6) is 5.75 Å². The van der Waals surface area contributed by atoms with Gasteiger partial charge in [0.15, 0.2) is 23.1 Å². The topological polar surface area (TPSA) is 212 Å². The summed E-state index contributed by atoms with van der Waals surface area (Å²) in [6.45, 7) is 8.32. The number of carboxylic acids is 2. The molecular weight excluding hydrogens is 612 g/mol. The number of aliphatic hydroxyl groups is 1. The number of nitrogen functional groups attached to an aromatic ring is 1. The van der Waals surface area contributed by atoms with Crippen molar-refractivity contribution in [3.63, 3.8) is 0 Å². The maximum Gasteiger partial charge on any atom is 0.490 e. The number of carboxylic acid groups (broad SMARTS) is 2. The number of pyridine rings is 1. The van der Waals surface area contributed by atoms with E-state index in [-0.39, 0.29) is 5.82 Å². The van der Waals surface area contributed by atoms with E-state index in [9.17, 15) is 31.4 Å². The van der Waals surface area contributed by atoms with Gasteiger partial charge in [-0.3, -0.25) is 0 Å². The van der Waals surface area contributed by atoms with E-state index in [1.54, 1.807) is 20.0 Å². The third-order valence-electron chi connectivity index (χ3n) is 5.39. The number of aliphatic carboxylic acids is 2. The van der Waals surface area contributed by atoms with Crippen LogP contribution in [0, 0.1) is 17.8 Å². The fourth-order valence-corrected chi connectivity index (χ4v) is 3.43. The fourth-order valence-electron chi connectivity index (χ4n) is 3.43. The van der Waals surface area contributed by atoms with E-state index < -0.39 is 29.9 Å². The summed E-state index contributed by atoms with van der Waals surface area (Å²) >= 11 is 0. The van der Waals surface area contributed by atoms with Crippen molar-refractivity contribution >= 4 is 28.8 Å². The summed E-state index contributed by atoms with van der Waals surface area (Å²) in [6.07, 6.45) is -7.44. The van der Waals surface area contributed by atoms with Crippen LogP contribution >= 0.6 is 0 Å². The van der Waals surface area contributed by atoms with Crippen molar-refractivity contribution in [1.82, 2.24) is 30.2 Å². The number of aryl methyl sites for hydroxylation is 1. The Balaban J connectivity index is 0.000000402. The second-order valence-corrected chi connectivity index (χ2v) is 9.43. The van der Waals surface area contributed by atoms with E-state index in [0.717, 1.165) is 25.0 Å². The Labute approximate surface area is 244 Å². The van der Waals surface area contributed by atoms with Crippen molar-refractivity contribution in [1.29, 1.82) is 0 Å². The predicted molar refractivity (Wildman–Crippen MR) is 138 cm³/mol. The van der Waals surface area contributed by atoms with E-state index in [1.165, 1.54) is 0 Å². The Kier molecular flexibility index (Phi) is 11.5. The Morgan fingerprint density at radius 2 is 1.75 bits per heavy atom. The molecule has 0 aliphatic carbocycles. The van der Waals surface area contributed by atoms with Gasteiger partial charge in [-0.2, -0.15) is 26.3 Å². The second kappa shape index (κ2) is 14.2. The van der Waals surface area contributed by atoms with Crippen LogP contribution in [-0.2, 0) is 16.1 Å². The van der Waals surface area contributed by atoms with Crippen LogP contribution in [-0.4, -0.2) is 89.8 Å². The van der Waals surface area contributed by atoms with Crippen LogP contribution in [0.3, 0.4) is 0 Å². The average molecular weight is 640 g/mol. The zero-order valence-electron chi connectivity index (χ0n) is 23.2. The monoisotopic (exact) mass is 639 g/mol. The number of imidazole rings is 1. The van der Waals surface area contributed by atoms with Gasteiger partial charge in [0.05, 0.1) is 12.8 Å². The summed E-state index contributed by atoms with van der Waals surface area (Å²) in [6, 6.07) is 0. The first-order chi connectivity index (χ1) is 20.3. The minimum absolute atomic E-state index is 0.150. The fraction of sp³-hybridized carbons (Fsp3) is 0.500. The van der Waals surface area contributed by atoms with E-state index in [0.29, 0.717) is 47.5 Å². The zero-order valence-corrected chi connectivity index (χ0v) is 23.2. The number of halogens is 6. The standard InChI is InChI=1S/C20H25N7O3.2C2HF3O2/c1-4-27-17-14(29-11-12-6-8-22-9-12)10-23-13(5-7-20(2,3)28)15(17)24-19(27)16-18(21)26-30-25-16;2*3-2(4,5)1(6)7/h10,12,22,28H,4,6,8-9,11H2,1-3H3,(H2,21,26);2*(H,6,7). The molecule has 0 spiro atoms. The van der Waals surface area contributed by atoms with Gasteiger partial charge in [0.25, 0.3) is 0 Å². The highest BCUT2D eigenvalue weighted by atomic mass is 19.4. The number of nitrogens with zero attached hydrogens (tertiary/aromatic N) is 5. The van der Waals surface area contributed by atoms with Gasteiger partial charge in [-0.25, -0.2) is 24.2 Å². The highest BCUT2D eigenvalue weighted by molar-refractivity contribution is 5.89. The lowest BCUT2D eigenvalue weighted by Gasteiger charge is -2.13. The third-order valence-corrected chi connectivity index (χ3v) is 5.39. The Morgan fingerprint density at radius 3 is 2.18 bits per heavy atom. The van der Waals surface area contributed by atoms with Crippen LogP contribution in [0.25, 0.3) is 22.6 Å². The van der Waals surface area contributed by atoms with Gasteiger partial charge in [-0.15, -0.1) is 0 Å². The number of alkyl halides is 6. The molecule has 0 saturated carbocycles. The molecule has 14 nitrogen and oxygen atoms in total. The molecule has 1 aliphatic rings. The summed E-state index contributed by atoms with van der Waals surface area (Å²) in [7, 11) is 0. The molecule has 1 saturated heterocycles. The molecule has 3 aromatic rings. The molecule has 3 aromatic heterocycles. The van der Waals surface area contributed by atoms with E-state index in [2.05, 4.69) is 32.5 Å². The molecule has 0 radical (unpaired) electrons. The molecule has 242 valence electrons. The highest BCUT2D eigenvalue weighted by Crippen LogP contribution is 2.33. The Morgan fingerprint density at radius 1 is 1.16 bits per heavy atom. The van der Waals surface area contributed by atoms with Gasteiger partial charge < -0.3 is 35.7 Å². The van der Waals surface area contributed by atoms with Gasteiger partial charge in [0.1, 0.15) is 22.3 Å². The first-order valence-electron chi connectivity index (χ1n) is 12.4. The van der Waals surface area contributed by atoms with Crippen LogP contribution in [0.15, 0.2) is 10.8 Å². The number of aromatic nitrogens is 5. The molecule has 1 unspecified atom stereocenters. The van der Waals surface area contributed by atoms with Crippen molar-refractivity contribution in [3.8, 4) is 29.1 Å². The summed E-state index contributed by atoms with van der Waals surface area (Å²) in [5, 5.41) is 35.2. The van der Waals surface area contributed by atoms with Crippen molar-refractivity contribution in [3.05, 3.63) is 11.9 Å². The van der Waals surface area contributed by atoms with Crippen molar-refractivity contribution in [2.75, 3.05) is 25.4 Å². The second-order valence-electron chi connectivity index (χ2n) is 9.43. The molecule has 6 N–H and O–H groups in total. The van der Waals surface area contributed by atoms with E-state index in [1.807, 2.05) is 11.5 Å². The molecule has 44 heavy (non-hydrogen) atoms. The number of hydrogen-bond donors (Lipinski definition) is 5. The number of anilines is 1. The molecule has 20 heteroatoms. The maximum atomic E-state index is 10.6. The predicted octanol–water partition coefficient (Wildman–Crippen LogP) is 2.46. The largest absolute Gasteiger partial charge is 0.490 e. The SMILES string of the molecule is CCn1c(-c2nonc2N)nc2c(C#CC(C)(C)O)ncc(OCC3CCNC3)c21.O=C(O)C(F)(F)F.O=C(O)C(F)(F)F. The molecule has 0 bridgehead atoms. The Bertz CT molecular complexity index is 1490. The van der Waals surface area contributed by atoms with Crippen LogP contribution in [0.1, 0.15) is 32.9 Å². The van der Waals surface area contributed by atoms with Gasteiger partial charge in [0.2, 0.25) is 0 Å². The summed E-state index contributed by atoms with van der Waals surface area (Å²) in [5.41, 5.74) is 6.84. The molecule has 1 aliphatic heterocycles. The highest BCUT2D eigenvalue weighted by Gasteiger charge is 2.39. The maximum absolute atomic E-state index is 10.6. The summed E-state index contributed by atoms with van der Waals surface area (Å²) < 4.78 is 76.3. The van der Waals surface area contributed by atoms with Crippen molar-refractivity contribution in [2.45, 2.75) is 51.7 Å². The average Bonchev–Trinajstić information content (AvgIpc) is 3.65. The van der Waals surface area contributed by atoms with E-state index >= 15 is 0 Å². The van der Waals surface area contributed by atoms with Crippen LogP contribution in [0.2, 0.25) is 0 Å². The number of nitrogens with one attached hydrogen (secondary N) is 1. The molecule has 1 atom stereocenters. The van der Waals surface area contributed by atoms with Gasteiger partial charge in [-0.05, 0) is 50.0 Å². The summed E-state index contributed by atoms with van der Waals surface area (Å²) in [5.74, 6) is 1.92. The quantitative estimate of drug-likeness (QED) is 0.201. The minimum atomic E-state index is -5.08. The number of fused-ring (bicyclic) bond motifs is 1. The zero-order chi connectivity index (χ0) is 33.5. The number of rotatable bonds is 5. The first kappa shape index (κ1) is 35.6. The van der Waals surface area contributed by atoms with Crippen molar-refractivity contribution < 1.29 is 60.6 Å². The van der Waals surface area contributed by atoms with Gasteiger partial charge >= 0.3 is 24.3 Å². The number of nitrogens with two attached hydrogens (primary N) is 1. The normalized spacial score (nSPS) is 14.9.